The van der Waals surface area contributed by atoms with Crippen molar-refractivity contribution >= 4 is 69.8 Å². The van der Waals surface area contributed by atoms with Crippen molar-refractivity contribution in [2.45, 2.75) is 6.04 Å². The monoisotopic (exact) mass is 525 g/mol. The molecule has 4 rings (SSSR count). The van der Waals surface area contributed by atoms with E-state index in [2.05, 4.69) is 21.0 Å². The number of benzene rings is 2. The van der Waals surface area contributed by atoms with E-state index in [-0.39, 0.29) is 48.6 Å². The van der Waals surface area contributed by atoms with Crippen LogP contribution < -0.4 is 16.0 Å². The Morgan fingerprint density at radius 2 is 1.42 bits per heavy atom. The standard InChI is InChI=1S/C21H15Cl4N5O3/c22-11-3-1-4-12(23)16(11)19(31)28-15-9-30(21(33)17-13(24)5-2-6-14(17)25)29-18(15)20(32)27-10-7-26-8-10/h1-6,9-10,26H,7-8H2,(H,27,32)(H,28,31). The Hall–Kier alpha value is -2.62. The third-order valence-electron chi connectivity index (χ3n) is 4.87. The second-order valence-corrected chi connectivity index (χ2v) is 8.75. The summed E-state index contributed by atoms with van der Waals surface area (Å²) in [6.45, 7) is 1.19. The van der Waals surface area contributed by atoms with Gasteiger partial charge in [-0.15, -0.1) is 0 Å². The summed E-state index contributed by atoms with van der Waals surface area (Å²) in [6.07, 6.45) is 1.21. The Labute approximate surface area is 208 Å². The molecule has 170 valence electrons. The van der Waals surface area contributed by atoms with Crippen LogP contribution in [0.5, 0.6) is 0 Å². The van der Waals surface area contributed by atoms with E-state index >= 15 is 0 Å². The Morgan fingerprint density at radius 3 is 1.94 bits per heavy atom. The molecule has 0 aliphatic carbocycles. The number of halogens is 4. The van der Waals surface area contributed by atoms with E-state index in [1.165, 1.54) is 30.5 Å². The Bertz CT molecular complexity index is 1230. The second-order valence-electron chi connectivity index (χ2n) is 7.12. The number of hydrogen-bond donors (Lipinski definition) is 3. The van der Waals surface area contributed by atoms with E-state index in [0.717, 1.165) is 4.68 Å². The van der Waals surface area contributed by atoms with Crippen molar-refractivity contribution in [3.05, 3.63) is 79.5 Å². The zero-order valence-electron chi connectivity index (χ0n) is 16.7. The van der Waals surface area contributed by atoms with Gasteiger partial charge >= 0.3 is 0 Å². The van der Waals surface area contributed by atoms with Gasteiger partial charge in [-0.1, -0.05) is 58.5 Å². The minimum Gasteiger partial charge on any atom is -0.345 e. The number of hydrogen-bond acceptors (Lipinski definition) is 5. The highest BCUT2D eigenvalue weighted by Gasteiger charge is 2.27. The van der Waals surface area contributed by atoms with Crippen LogP contribution >= 0.6 is 46.4 Å². The quantitative estimate of drug-likeness (QED) is 0.463. The molecule has 0 unspecified atom stereocenters. The maximum Gasteiger partial charge on any atom is 0.281 e. The number of rotatable bonds is 5. The number of carbonyl (C=O) groups excluding carboxylic acids is 3. The number of amides is 2. The van der Waals surface area contributed by atoms with Gasteiger partial charge in [0.25, 0.3) is 17.7 Å². The molecule has 12 heteroatoms. The molecule has 1 aromatic heterocycles. The molecule has 0 bridgehead atoms. The summed E-state index contributed by atoms with van der Waals surface area (Å²) in [7, 11) is 0. The molecule has 1 fully saturated rings. The van der Waals surface area contributed by atoms with Gasteiger partial charge in [-0.3, -0.25) is 14.4 Å². The van der Waals surface area contributed by atoms with Gasteiger partial charge in [0.1, 0.15) is 0 Å². The molecule has 3 aromatic rings. The van der Waals surface area contributed by atoms with Gasteiger partial charge in [-0.25, -0.2) is 4.68 Å². The van der Waals surface area contributed by atoms with Gasteiger partial charge in [-0.05, 0) is 24.3 Å². The first-order valence-electron chi connectivity index (χ1n) is 9.61. The summed E-state index contributed by atoms with van der Waals surface area (Å²) in [5.74, 6) is -1.92. The van der Waals surface area contributed by atoms with Crippen molar-refractivity contribution < 1.29 is 14.4 Å². The summed E-state index contributed by atoms with van der Waals surface area (Å²) in [5.41, 5.74) is -0.165. The first kappa shape index (κ1) is 23.5. The Kier molecular flexibility index (Phi) is 6.92. The largest absolute Gasteiger partial charge is 0.345 e. The number of anilines is 1. The molecular weight excluding hydrogens is 512 g/mol. The number of nitrogens with one attached hydrogen (secondary N) is 3. The van der Waals surface area contributed by atoms with Crippen molar-refractivity contribution in [1.29, 1.82) is 0 Å². The predicted octanol–water partition coefficient (Wildman–Crippen LogP) is 4.14. The van der Waals surface area contributed by atoms with Gasteiger partial charge in [0, 0.05) is 13.1 Å². The lowest BCUT2D eigenvalue weighted by Crippen LogP contribution is -2.57. The summed E-state index contributed by atoms with van der Waals surface area (Å²) in [4.78, 5) is 38.8. The van der Waals surface area contributed by atoms with E-state index < -0.39 is 17.7 Å². The third kappa shape index (κ3) is 4.85. The average molecular weight is 527 g/mol. The SMILES string of the molecule is O=C(NC1CNC1)c1nn(C(=O)c2c(Cl)cccc2Cl)cc1NC(=O)c1c(Cl)cccc1Cl. The van der Waals surface area contributed by atoms with Gasteiger partial charge in [0.05, 0.1) is 49.1 Å². The molecule has 0 radical (unpaired) electrons. The molecule has 3 N–H and O–H groups in total. The number of aromatic nitrogens is 2. The zero-order chi connectivity index (χ0) is 23.7. The van der Waals surface area contributed by atoms with Crippen molar-refractivity contribution in [2.24, 2.45) is 0 Å². The van der Waals surface area contributed by atoms with Crippen LogP contribution in [0.4, 0.5) is 5.69 Å². The lowest BCUT2D eigenvalue weighted by Gasteiger charge is -2.27. The van der Waals surface area contributed by atoms with E-state index in [0.29, 0.717) is 13.1 Å². The fourth-order valence-electron chi connectivity index (χ4n) is 3.10. The molecule has 0 atom stereocenters. The highest BCUT2D eigenvalue weighted by molar-refractivity contribution is 6.41. The average Bonchev–Trinajstić information content (AvgIpc) is 3.14. The molecular formula is C21H15Cl4N5O3. The van der Waals surface area contributed by atoms with Crippen LogP contribution in [0.1, 0.15) is 31.2 Å². The first-order chi connectivity index (χ1) is 15.8. The summed E-state index contributed by atoms with van der Waals surface area (Å²) < 4.78 is 0.894. The van der Waals surface area contributed by atoms with Crippen LogP contribution in [0, 0.1) is 0 Å². The molecule has 1 saturated heterocycles. The molecule has 8 nitrogen and oxygen atoms in total. The maximum atomic E-state index is 13.1. The maximum absolute atomic E-state index is 13.1. The van der Waals surface area contributed by atoms with Crippen LogP contribution in [-0.2, 0) is 0 Å². The molecule has 1 aliphatic heterocycles. The van der Waals surface area contributed by atoms with Crippen LogP contribution in [0.3, 0.4) is 0 Å². The normalized spacial score (nSPS) is 13.3. The number of nitrogens with zero attached hydrogens (tertiary/aromatic N) is 2. The van der Waals surface area contributed by atoms with Crippen molar-refractivity contribution in [2.75, 3.05) is 18.4 Å². The van der Waals surface area contributed by atoms with Crippen molar-refractivity contribution in [3.63, 3.8) is 0 Å². The van der Waals surface area contributed by atoms with E-state index in [4.69, 9.17) is 46.4 Å². The van der Waals surface area contributed by atoms with Gasteiger partial charge in [-0.2, -0.15) is 5.10 Å². The van der Waals surface area contributed by atoms with Crippen LogP contribution in [0.25, 0.3) is 0 Å². The fourth-order valence-corrected chi connectivity index (χ4v) is 4.23. The fraction of sp³-hybridized carbons (Fsp3) is 0.143. The van der Waals surface area contributed by atoms with Crippen LogP contribution in [0.2, 0.25) is 20.1 Å². The van der Waals surface area contributed by atoms with Gasteiger partial charge in [0.15, 0.2) is 5.69 Å². The van der Waals surface area contributed by atoms with Gasteiger partial charge in [0.2, 0.25) is 0 Å². The second kappa shape index (κ2) is 9.70. The summed E-state index contributed by atoms with van der Waals surface area (Å²) >= 11 is 24.5. The van der Waals surface area contributed by atoms with E-state index in [9.17, 15) is 14.4 Å². The molecule has 0 spiro atoms. The zero-order valence-corrected chi connectivity index (χ0v) is 19.7. The number of carbonyl (C=O) groups is 3. The Morgan fingerprint density at radius 1 is 0.879 bits per heavy atom. The highest BCUT2D eigenvalue weighted by atomic mass is 35.5. The minimum absolute atomic E-state index is 0.00510. The summed E-state index contributed by atoms with van der Waals surface area (Å²) in [5, 5.41) is 13.0. The molecule has 2 heterocycles. The predicted molar refractivity (Wildman–Crippen MR) is 127 cm³/mol. The molecule has 2 amide bonds. The van der Waals surface area contributed by atoms with Crippen molar-refractivity contribution in [3.8, 4) is 0 Å². The van der Waals surface area contributed by atoms with Crippen molar-refractivity contribution in [1.82, 2.24) is 20.4 Å². The van der Waals surface area contributed by atoms with E-state index in [1.807, 2.05) is 0 Å². The Balaban J connectivity index is 1.71. The lowest BCUT2D eigenvalue weighted by molar-refractivity contribution is 0.0916. The van der Waals surface area contributed by atoms with E-state index in [1.54, 1.807) is 12.1 Å². The molecule has 33 heavy (non-hydrogen) atoms. The summed E-state index contributed by atoms with van der Waals surface area (Å²) in [6, 6.07) is 9.11. The van der Waals surface area contributed by atoms with Crippen LogP contribution in [-0.4, -0.2) is 46.6 Å². The third-order valence-corrected chi connectivity index (χ3v) is 6.13. The molecule has 0 saturated carbocycles. The first-order valence-corrected chi connectivity index (χ1v) is 11.1. The smallest absolute Gasteiger partial charge is 0.281 e. The molecule has 1 aliphatic rings. The lowest BCUT2D eigenvalue weighted by atomic mass is 10.1. The highest BCUT2D eigenvalue weighted by Crippen LogP contribution is 2.28. The minimum atomic E-state index is -0.679. The molecule has 2 aromatic carbocycles. The topological polar surface area (TPSA) is 105 Å². The van der Waals surface area contributed by atoms with Crippen LogP contribution in [0.15, 0.2) is 42.6 Å². The van der Waals surface area contributed by atoms with Gasteiger partial charge < -0.3 is 16.0 Å².